The second-order valence-corrected chi connectivity index (χ2v) is 5.99. The molecule has 0 N–H and O–H groups in total. The molecule has 0 aliphatic heterocycles. The Morgan fingerprint density at radius 3 is 2.06 bits per heavy atom. The molecule has 3 heteroatoms. The van der Waals surface area contributed by atoms with Crippen LogP contribution in [-0.2, 0) is 9.53 Å². The number of carbonyl (C=O) groups is 1. The van der Waals surface area contributed by atoms with Crippen molar-refractivity contribution in [2.24, 2.45) is 0 Å². The molecule has 0 aliphatic rings. The van der Waals surface area contributed by atoms with E-state index >= 15 is 0 Å². The molecule has 1 atom stereocenters. The molecule has 0 heterocycles. The first-order chi connectivity index (χ1) is 8.22. The van der Waals surface area contributed by atoms with Gasteiger partial charge in [-0.1, -0.05) is 80.9 Å². The summed E-state index contributed by atoms with van der Waals surface area (Å²) in [7, 11) is 0. The van der Waals surface area contributed by atoms with Crippen LogP contribution in [-0.4, -0.2) is 16.5 Å². The largest absolute Gasteiger partial charge is 0.465 e. The van der Waals surface area contributed by atoms with Crippen molar-refractivity contribution in [3.63, 3.8) is 0 Å². The van der Waals surface area contributed by atoms with E-state index in [9.17, 15) is 4.79 Å². The number of hydrogen-bond donors (Lipinski definition) is 0. The second kappa shape index (κ2) is 12.7. The highest BCUT2D eigenvalue weighted by Gasteiger charge is 2.14. The van der Waals surface area contributed by atoms with Crippen LogP contribution >= 0.6 is 22.6 Å². The van der Waals surface area contributed by atoms with E-state index in [0.717, 1.165) is 12.8 Å². The van der Waals surface area contributed by atoms with Gasteiger partial charge < -0.3 is 4.74 Å². The Kier molecular flexibility index (Phi) is 12.8. The zero-order valence-corrected chi connectivity index (χ0v) is 13.5. The van der Waals surface area contributed by atoms with Crippen molar-refractivity contribution in [1.82, 2.24) is 0 Å². The molecule has 0 aromatic heterocycles. The van der Waals surface area contributed by atoms with Gasteiger partial charge in [0.15, 0.2) is 0 Å². The molecule has 102 valence electrons. The zero-order chi connectivity index (χ0) is 12.9. The highest BCUT2D eigenvalue weighted by molar-refractivity contribution is 14.1. The molecule has 0 amide bonds. The summed E-state index contributed by atoms with van der Waals surface area (Å²) in [5, 5.41) is 0. The fourth-order valence-electron chi connectivity index (χ4n) is 1.81. The average Bonchev–Trinajstić information content (AvgIpc) is 2.32. The molecular weight excluding hydrogens is 327 g/mol. The SMILES string of the molecule is CCCCCCCCCCC(I)C(=O)OCC. The minimum absolute atomic E-state index is 0.0453. The van der Waals surface area contributed by atoms with Crippen molar-refractivity contribution < 1.29 is 9.53 Å². The Labute approximate surface area is 120 Å². The summed E-state index contributed by atoms with van der Waals surface area (Å²) in [6, 6.07) is 0. The van der Waals surface area contributed by atoms with Gasteiger partial charge in [-0.2, -0.15) is 0 Å². The maximum Gasteiger partial charge on any atom is 0.318 e. The predicted octanol–water partition coefficient (Wildman–Crippen LogP) is 4.88. The molecule has 0 fully saturated rings. The van der Waals surface area contributed by atoms with E-state index < -0.39 is 0 Å². The Hall–Kier alpha value is 0.200. The van der Waals surface area contributed by atoms with Crippen molar-refractivity contribution in [2.75, 3.05) is 6.61 Å². The third-order valence-electron chi connectivity index (χ3n) is 2.85. The van der Waals surface area contributed by atoms with Crippen LogP contribution in [0.4, 0.5) is 0 Å². The highest BCUT2D eigenvalue weighted by atomic mass is 127. The fourth-order valence-corrected chi connectivity index (χ4v) is 2.43. The molecule has 0 spiro atoms. The molecular formula is C14H27IO2. The summed E-state index contributed by atoms with van der Waals surface area (Å²) in [5.41, 5.74) is 0. The van der Waals surface area contributed by atoms with Gasteiger partial charge >= 0.3 is 5.97 Å². The normalized spacial score (nSPS) is 12.4. The van der Waals surface area contributed by atoms with Crippen molar-refractivity contribution in [2.45, 2.75) is 75.6 Å². The lowest BCUT2D eigenvalue weighted by Gasteiger charge is -2.08. The number of halogens is 1. The molecule has 17 heavy (non-hydrogen) atoms. The first-order valence-electron chi connectivity index (χ1n) is 7.03. The minimum atomic E-state index is -0.0453. The van der Waals surface area contributed by atoms with E-state index in [2.05, 4.69) is 29.5 Å². The molecule has 0 aromatic carbocycles. The summed E-state index contributed by atoms with van der Waals surface area (Å²) >= 11 is 2.20. The van der Waals surface area contributed by atoms with Gasteiger partial charge in [0, 0.05) is 0 Å². The van der Waals surface area contributed by atoms with Crippen LogP contribution in [0.5, 0.6) is 0 Å². The van der Waals surface area contributed by atoms with E-state index in [1.54, 1.807) is 0 Å². The van der Waals surface area contributed by atoms with Gasteiger partial charge in [-0.15, -0.1) is 0 Å². The maximum absolute atomic E-state index is 11.4. The van der Waals surface area contributed by atoms with Gasteiger partial charge in [-0.25, -0.2) is 0 Å². The van der Waals surface area contributed by atoms with Crippen LogP contribution in [0.3, 0.4) is 0 Å². The number of carbonyl (C=O) groups excluding carboxylic acids is 1. The van der Waals surface area contributed by atoms with Crippen molar-refractivity contribution in [1.29, 1.82) is 0 Å². The van der Waals surface area contributed by atoms with Crippen LogP contribution in [0.15, 0.2) is 0 Å². The number of esters is 1. The molecule has 0 saturated heterocycles. The fraction of sp³-hybridized carbons (Fsp3) is 0.929. The number of hydrogen-bond acceptors (Lipinski definition) is 2. The summed E-state index contributed by atoms with van der Waals surface area (Å²) in [4.78, 5) is 11.4. The Morgan fingerprint density at radius 1 is 1.00 bits per heavy atom. The molecule has 0 aromatic rings. The molecule has 0 radical (unpaired) electrons. The standard InChI is InChI=1S/C14H27IO2/c1-3-5-6-7-8-9-10-11-12-13(15)14(16)17-4-2/h13H,3-12H2,1-2H3. The molecule has 0 bridgehead atoms. The third-order valence-corrected chi connectivity index (χ3v) is 3.98. The van der Waals surface area contributed by atoms with Crippen molar-refractivity contribution in [3.05, 3.63) is 0 Å². The third kappa shape index (κ3) is 11.0. The summed E-state index contributed by atoms with van der Waals surface area (Å²) in [6.07, 6.45) is 11.5. The quantitative estimate of drug-likeness (QED) is 0.229. The Balaban J connectivity index is 3.24. The summed E-state index contributed by atoms with van der Waals surface area (Å²) in [6.45, 7) is 4.60. The van der Waals surface area contributed by atoms with Gasteiger partial charge in [-0.3, -0.25) is 4.79 Å². The summed E-state index contributed by atoms with van der Waals surface area (Å²) < 4.78 is 5.03. The second-order valence-electron chi connectivity index (χ2n) is 4.48. The van der Waals surface area contributed by atoms with Gasteiger partial charge in [0.1, 0.15) is 3.92 Å². The van der Waals surface area contributed by atoms with Crippen LogP contribution in [0, 0.1) is 0 Å². The lowest BCUT2D eigenvalue weighted by Crippen LogP contribution is -2.16. The van der Waals surface area contributed by atoms with Gasteiger partial charge in [0.05, 0.1) is 6.61 Å². The first-order valence-corrected chi connectivity index (χ1v) is 8.27. The molecule has 0 saturated carbocycles. The number of rotatable bonds is 11. The lowest BCUT2D eigenvalue weighted by atomic mass is 10.1. The average molecular weight is 354 g/mol. The van der Waals surface area contributed by atoms with Crippen LogP contribution in [0.25, 0.3) is 0 Å². The minimum Gasteiger partial charge on any atom is -0.465 e. The number of unbranched alkanes of at least 4 members (excludes halogenated alkanes) is 7. The maximum atomic E-state index is 11.4. The van der Waals surface area contributed by atoms with Gasteiger partial charge in [0.25, 0.3) is 0 Å². The topological polar surface area (TPSA) is 26.3 Å². The van der Waals surface area contributed by atoms with Gasteiger partial charge in [-0.05, 0) is 13.3 Å². The van der Waals surface area contributed by atoms with Gasteiger partial charge in [0.2, 0.25) is 0 Å². The van der Waals surface area contributed by atoms with E-state index in [-0.39, 0.29) is 9.89 Å². The van der Waals surface area contributed by atoms with E-state index in [0.29, 0.717) is 6.61 Å². The first kappa shape index (κ1) is 17.2. The summed E-state index contributed by atoms with van der Waals surface area (Å²) in [5.74, 6) is -0.0453. The van der Waals surface area contributed by atoms with E-state index in [1.165, 1.54) is 44.9 Å². The highest BCUT2D eigenvalue weighted by Crippen LogP contribution is 2.15. The van der Waals surface area contributed by atoms with E-state index in [1.807, 2.05) is 6.92 Å². The van der Waals surface area contributed by atoms with Crippen LogP contribution < -0.4 is 0 Å². The molecule has 1 unspecified atom stereocenters. The van der Waals surface area contributed by atoms with E-state index in [4.69, 9.17) is 4.74 Å². The number of alkyl halides is 1. The zero-order valence-electron chi connectivity index (χ0n) is 11.3. The number of ether oxygens (including phenoxy) is 1. The smallest absolute Gasteiger partial charge is 0.318 e. The Bertz CT molecular complexity index is 183. The lowest BCUT2D eigenvalue weighted by molar-refractivity contribution is -0.142. The van der Waals surface area contributed by atoms with Crippen LogP contribution in [0.2, 0.25) is 0 Å². The van der Waals surface area contributed by atoms with Crippen molar-refractivity contribution in [3.8, 4) is 0 Å². The van der Waals surface area contributed by atoms with Crippen LogP contribution in [0.1, 0.15) is 71.6 Å². The van der Waals surface area contributed by atoms with Crippen molar-refractivity contribution >= 4 is 28.6 Å². The monoisotopic (exact) mass is 354 g/mol. The molecule has 0 rings (SSSR count). The Morgan fingerprint density at radius 2 is 1.53 bits per heavy atom. The molecule has 2 nitrogen and oxygen atoms in total. The predicted molar refractivity (Wildman–Crippen MR) is 81.7 cm³/mol. The molecule has 0 aliphatic carbocycles.